The van der Waals surface area contributed by atoms with Gasteiger partial charge in [0.2, 0.25) is 0 Å². The molecule has 0 amide bonds. The van der Waals surface area contributed by atoms with E-state index >= 15 is 0 Å². The molecule has 2 aromatic rings. The zero-order chi connectivity index (χ0) is 13.0. The molecule has 4 heteroatoms. The summed E-state index contributed by atoms with van der Waals surface area (Å²) in [4.78, 5) is 4.54. The van der Waals surface area contributed by atoms with Crippen LogP contribution in [0.15, 0.2) is 28.1 Å². The average Bonchev–Trinajstić information content (AvgIpc) is 2.77. The van der Waals surface area contributed by atoms with E-state index in [1.807, 2.05) is 7.05 Å². The van der Waals surface area contributed by atoms with E-state index in [9.17, 15) is 0 Å². The second-order valence-corrected chi connectivity index (χ2v) is 6.48. The molecule has 0 saturated heterocycles. The molecule has 1 heterocycles. The smallest absolute Gasteiger partial charge is 0.183 e. The lowest BCUT2D eigenvalue weighted by atomic mass is 10.1. The second kappa shape index (κ2) is 6.34. The lowest BCUT2D eigenvalue weighted by molar-refractivity contribution is 0.919. The zero-order valence-electron chi connectivity index (χ0n) is 10.7. The van der Waals surface area contributed by atoms with Gasteiger partial charge in [0, 0.05) is 7.05 Å². The number of benzene rings is 1. The first-order valence-electron chi connectivity index (χ1n) is 6.13. The summed E-state index contributed by atoms with van der Waals surface area (Å²) in [5.74, 6) is 0. The van der Waals surface area contributed by atoms with Crippen LogP contribution in [0.25, 0.3) is 0 Å². The number of nitrogens with zero attached hydrogens (tertiary/aromatic N) is 1. The van der Waals surface area contributed by atoms with Crippen molar-refractivity contribution in [2.24, 2.45) is 0 Å². The molecule has 96 valence electrons. The molecule has 0 saturated carbocycles. The van der Waals surface area contributed by atoms with E-state index in [0.29, 0.717) is 0 Å². The molecule has 2 nitrogen and oxygen atoms in total. The van der Waals surface area contributed by atoms with Crippen LogP contribution in [0.2, 0.25) is 0 Å². The predicted molar refractivity (Wildman–Crippen MR) is 82.6 cm³/mol. The van der Waals surface area contributed by atoms with Crippen LogP contribution in [0.1, 0.15) is 23.7 Å². The van der Waals surface area contributed by atoms with Crippen LogP contribution in [0.4, 0.5) is 5.13 Å². The summed E-state index contributed by atoms with van der Waals surface area (Å²) in [6.45, 7) is 2.18. The van der Waals surface area contributed by atoms with Crippen molar-refractivity contribution in [3.05, 3.63) is 44.9 Å². The second-order valence-electron chi connectivity index (χ2n) is 4.16. The summed E-state index contributed by atoms with van der Waals surface area (Å²) in [6.07, 6.45) is 3.11. The lowest BCUT2D eigenvalue weighted by Crippen LogP contribution is -1.94. The van der Waals surface area contributed by atoms with Gasteiger partial charge in [-0.15, -0.1) is 0 Å². The minimum atomic E-state index is 0.971. The highest BCUT2D eigenvalue weighted by Crippen LogP contribution is 2.29. The average molecular weight is 325 g/mol. The van der Waals surface area contributed by atoms with E-state index in [4.69, 9.17) is 0 Å². The van der Waals surface area contributed by atoms with Gasteiger partial charge >= 0.3 is 0 Å². The lowest BCUT2D eigenvalue weighted by Gasteiger charge is -2.02. The Balaban J connectivity index is 1.99. The Morgan fingerprint density at radius 2 is 1.83 bits per heavy atom. The van der Waals surface area contributed by atoms with E-state index in [2.05, 4.69) is 57.4 Å². The number of aryl methyl sites for hydroxylation is 3. The highest BCUT2D eigenvalue weighted by molar-refractivity contribution is 9.11. The molecule has 0 aliphatic rings. The summed E-state index contributed by atoms with van der Waals surface area (Å²) in [6, 6.07) is 8.87. The van der Waals surface area contributed by atoms with E-state index in [0.717, 1.165) is 33.9 Å². The fraction of sp³-hybridized carbons (Fsp3) is 0.357. The maximum absolute atomic E-state index is 4.54. The summed E-state index contributed by atoms with van der Waals surface area (Å²) in [5.41, 5.74) is 3.91. The summed E-state index contributed by atoms with van der Waals surface area (Å²) >= 11 is 5.22. The number of aromatic nitrogens is 1. The van der Waals surface area contributed by atoms with Gasteiger partial charge in [-0.3, -0.25) is 0 Å². The summed E-state index contributed by atoms with van der Waals surface area (Å²) < 4.78 is 1.14. The molecule has 0 fully saturated rings. The first kappa shape index (κ1) is 13.6. The Kier molecular flexibility index (Phi) is 4.78. The molecule has 18 heavy (non-hydrogen) atoms. The van der Waals surface area contributed by atoms with Crippen LogP contribution in [0.5, 0.6) is 0 Å². The zero-order valence-corrected chi connectivity index (χ0v) is 13.1. The van der Waals surface area contributed by atoms with Gasteiger partial charge in [-0.1, -0.05) is 42.5 Å². The van der Waals surface area contributed by atoms with Gasteiger partial charge in [-0.25, -0.2) is 4.98 Å². The maximum atomic E-state index is 4.54. The minimum Gasteiger partial charge on any atom is -0.365 e. The van der Waals surface area contributed by atoms with Crippen LogP contribution in [0, 0.1) is 0 Å². The molecule has 1 aromatic carbocycles. The van der Waals surface area contributed by atoms with Crippen LogP contribution in [-0.4, -0.2) is 12.0 Å². The fourth-order valence-corrected chi connectivity index (χ4v) is 3.24. The Labute approximate surface area is 121 Å². The monoisotopic (exact) mass is 324 g/mol. The number of halogens is 1. The molecule has 0 spiro atoms. The third kappa shape index (κ3) is 3.33. The first-order chi connectivity index (χ1) is 8.72. The predicted octanol–water partition coefficient (Wildman–Crippen LogP) is 4.29. The third-order valence-corrected chi connectivity index (χ3v) is 4.79. The van der Waals surface area contributed by atoms with Gasteiger partial charge in [-0.05, 0) is 46.3 Å². The largest absolute Gasteiger partial charge is 0.365 e. The number of nitrogens with one attached hydrogen (secondary N) is 1. The maximum Gasteiger partial charge on any atom is 0.183 e. The highest BCUT2D eigenvalue weighted by Gasteiger charge is 2.07. The number of hydrogen-bond donors (Lipinski definition) is 1. The van der Waals surface area contributed by atoms with Gasteiger partial charge < -0.3 is 5.32 Å². The Morgan fingerprint density at radius 1 is 1.17 bits per heavy atom. The van der Waals surface area contributed by atoms with Crippen LogP contribution >= 0.6 is 27.3 Å². The molecule has 0 bridgehead atoms. The SMILES string of the molecule is CCc1ccc(CCc2nc(NC)sc2Br)cc1. The van der Waals surface area contributed by atoms with E-state index in [1.165, 1.54) is 11.1 Å². The van der Waals surface area contributed by atoms with Crippen molar-refractivity contribution >= 4 is 32.4 Å². The molecule has 0 aliphatic heterocycles. The molecule has 1 aromatic heterocycles. The Hall–Kier alpha value is -0.870. The molecule has 0 radical (unpaired) electrons. The summed E-state index contributed by atoms with van der Waals surface area (Å²) in [7, 11) is 1.90. The standard InChI is InChI=1S/C14H17BrN2S/c1-3-10-4-6-11(7-5-10)8-9-12-13(15)18-14(16-2)17-12/h4-7H,3,8-9H2,1-2H3,(H,16,17). The van der Waals surface area contributed by atoms with Crippen molar-refractivity contribution < 1.29 is 0 Å². The molecule has 1 N–H and O–H groups in total. The van der Waals surface area contributed by atoms with Gasteiger partial charge in [0.15, 0.2) is 5.13 Å². The quantitative estimate of drug-likeness (QED) is 0.887. The molecular weight excluding hydrogens is 308 g/mol. The normalized spacial score (nSPS) is 10.6. The minimum absolute atomic E-state index is 0.971. The molecule has 0 atom stereocenters. The number of thiazole rings is 1. The van der Waals surface area contributed by atoms with Crippen LogP contribution in [-0.2, 0) is 19.3 Å². The van der Waals surface area contributed by atoms with Gasteiger partial charge in [-0.2, -0.15) is 0 Å². The molecule has 0 unspecified atom stereocenters. The topological polar surface area (TPSA) is 24.9 Å². The Bertz CT molecular complexity index is 505. The van der Waals surface area contributed by atoms with Crippen LogP contribution < -0.4 is 5.32 Å². The van der Waals surface area contributed by atoms with Gasteiger partial charge in [0.1, 0.15) is 0 Å². The van der Waals surface area contributed by atoms with Gasteiger partial charge in [0.05, 0.1) is 9.48 Å². The van der Waals surface area contributed by atoms with E-state index < -0.39 is 0 Å². The van der Waals surface area contributed by atoms with Crippen molar-refractivity contribution in [1.82, 2.24) is 4.98 Å². The van der Waals surface area contributed by atoms with Crippen molar-refractivity contribution in [2.75, 3.05) is 12.4 Å². The van der Waals surface area contributed by atoms with E-state index in [-0.39, 0.29) is 0 Å². The molecular formula is C14H17BrN2S. The summed E-state index contributed by atoms with van der Waals surface area (Å²) in [5, 5.41) is 4.05. The number of rotatable bonds is 5. The van der Waals surface area contributed by atoms with Crippen molar-refractivity contribution in [3.8, 4) is 0 Å². The third-order valence-electron chi connectivity index (χ3n) is 2.95. The van der Waals surface area contributed by atoms with Crippen molar-refractivity contribution in [2.45, 2.75) is 26.2 Å². The number of anilines is 1. The van der Waals surface area contributed by atoms with E-state index in [1.54, 1.807) is 11.3 Å². The van der Waals surface area contributed by atoms with Crippen molar-refractivity contribution in [1.29, 1.82) is 0 Å². The molecule has 0 aliphatic carbocycles. The Morgan fingerprint density at radius 3 is 2.39 bits per heavy atom. The number of hydrogen-bond acceptors (Lipinski definition) is 3. The first-order valence-corrected chi connectivity index (χ1v) is 7.74. The van der Waals surface area contributed by atoms with Crippen LogP contribution in [0.3, 0.4) is 0 Å². The molecule has 2 rings (SSSR count). The van der Waals surface area contributed by atoms with Crippen molar-refractivity contribution in [3.63, 3.8) is 0 Å². The highest BCUT2D eigenvalue weighted by atomic mass is 79.9. The fourth-order valence-electron chi connectivity index (χ4n) is 1.80. The van der Waals surface area contributed by atoms with Gasteiger partial charge in [0.25, 0.3) is 0 Å².